The summed E-state index contributed by atoms with van der Waals surface area (Å²) in [6.07, 6.45) is 4.42. The topological polar surface area (TPSA) is 63.3 Å². The standard InChI is InChI=1S/C13H20N2O3/c1-3-4-8-18-9-7-14-10-12-11(5-6-15-12)13(16)17-2/h3,5-6,14-15H,1,4,7-10H2,2H3. The van der Waals surface area contributed by atoms with Crippen LogP contribution in [0.4, 0.5) is 0 Å². The number of ether oxygens (including phenoxy) is 2. The molecule has 0 saturated carbocycles. The lowest BCUT2D eigenvalue weighted by atomic mass is 10.2. The number of H-pyrrole nitrogens is 1. The second-order valence-electron chi connectivity index (χ2n) is 3.73. The smallest absolute Gasteiger partial charge is 0.339 e. The lowest BCUT2D eigenvalue weighted by molar-refractivity contribution is 0.0599. The van der Waals surface area contributed by atoms with Gasteiger partial charge in [-0.2, -0.15) is 0 Å². The Morgan fingerprint density at radius 3 is 3.11 bits per heavy atom. The van der Waals surface area contributed by atoms with Crippen molar-refractivity contribution in [3.05, 3.63) is 36.2 Å². The Balaban J connectivity index is 2.21. The van der Waals surface area contributed by atoms with Crippen LogP contribution >= 0.6 is 0 Å². The SMILES string of the molecule is C=CCCOCCNCc1[nH]ccc1C(=O)OC. The summed E-state index contributed by atoms with van der Waals surface area (Å²) in [6, 6.07) is 1.71. The number of rotatable bonds is 9. The van der Waals surface area contributed by atoms with Crippen LogP contribution < -0.4 is 5.32 Å². The van der Waals surface area contributed by atoms with Crippen LogP contribution in [0.15, 0.2) is 24.9 Å². The molecule has 2 N–H and O–H groups in total. The van der Waals surface area contributed by atoms with Crippen molar-refractivity contribution in [1.82, 2.24) is 10.3 Å². The van der Waals surface area contributed by atoms with Crippen molar-refractivity contribution in [2.75, 3.05) is 26.9 Å². The molecule has 0 atom stereocenters. The van der Waals surface area contributed by atoms with E-state index in [0.29, 0.717) is 25.3 Å². The van der Waals surface area contributed by atoms with E-state index in [1.165, 1.54) is 7.11 Å². The van der Waals surface area contributed by atoms with Gasteiger partial charge in [-0.25, -0.2) is 4.79 Å². The summed E-state index contributed by atoms with van der Waals surface area (Å²) < 4.78 is 10.0. The molecule has 0 aromatic carbocycles. The maximum absolute atomic E-state index is 11.4. The number of methoxy groups -OCH3 is 1. The monoisotopic (exact) mass is 252 g/mol. The molecule has 0 aliphatic rings. The summed E-state index contributed by atoms with van der Waals surface area (Å²) in [4.78, 5) is 14.4. The molecule has 1 rings (SSSR count). The third-order valence-corrected chi connectivity index (χ3v) is 2.43. The van der Waals surface area contributed by atoms with E-state index in [1.54, 1.807) is 12.3 Å². The maximum atomic E-state index is 11.4. The van der Waals surface area contributed by atoms with Crippen LogP contribution in [0.2, 0.25) is 0 Å². The molecular weight excluding hydrogens is 232 g/mol. The van der Waals surface area contributed by atoms with Crippen molar-refractivity contribution < 1.29 is 14.3 Å². The van der Waals surface area contributed by atoms with Gasteiger partial charge in [-0.1, -0.05) is 6.08 Å². The van der Waals surface area contributed by atoms with Crippen molar-refractivity contribution in [3.8, 4) is 0 Å². The minimum absolute atomic E-state index is 0.324. The minimum Gasteiger partial charge on any atom is -0.465 e. The fourth-order valence-corrected chi connectivity index (χ4v) is 1.48. The summed E-state index contributed by atoms with van der Waals surface area (Å²) in [5.41, 5.74) is 1.39. The Hall–Kier alpha value is -1.59. The van der Waals surface area contributed by atoms with E-state index in [4.69, 9.17) is 4.74 Å². The first kappa shape index (κ1) is 14.5. The fraction of sp³-hybridized carbons (Fsp3) is 0.462. The molecule has 100 valence electrons. The molecule has 1 heterocycles. The number of aromatic nitrogens is 1. The number of nitrogens with one attached hydrogen (secondary N) is 2. The maximum Gasteiger partial charge on any atom is 0.339 e. The van der Waals surface area contributed by atoms with Gasteiger partial charge >= 0.3 is 5.97 Å². The largest absolute Gasteiger partial charge is 0.465 e. The van der Waals surface area contributed by atoms with E-state index in [9.17, 15) is 4.79 Å². The first-order valence-corrected chi connectivity index (χ1v) is 5.93. The lowest BCUT2D eigenvalue weighted by Crippen LogP contribution is -2.21. The van der Waals surface area contributed by atoms with Crippen LogP contribution in [0.1, 0.15) is 22.5 Å². The van der Waals surface area contributed by atoms with Gasteiger partial charge in [0.1, 0.15) is 0 Å². The Morgan fingerprint density at radius 2 is 2.39 bits per heavy atom. The van der Waals surface area contributed by atoms with Gasteiger partial charge in [0.25, 0.3) is 0 Å². The van der Waals surface area contributed by atoms with Gasteiger partial charge in [-0.05, 0) is 12.5 Å². The highest BCUT2D eigenvalue weighted by Gasteiger charge is 2.11. The number of aromatic amines is 1. The van der Waals surface area contributed by atoms with Crippen LogP contribution in [0, 0.1) is 0 Å². The highest BCUT2D eigenvalue weighted by atomic mass is 16.5. The van der Waals surface area contributed by atoms with Gasteiger partial charge in [0.2, 0.25) is 0 Å². The summed E-state index contributed by atoms with van der Waals surface area (Å²) in [6.45, 7) is 6.27. The molecule has 0 amide bonds. The highest BCUT2D eigenvalue weighted by Crippen LogP contribution is 2.07. The lowest BCUT2D eigenvalue weighted by Gasteiger charge is -2.06. The molecule has 0 aliphatic heterocycles. The van der Waals surface area contributed by atoms with E-state index in [-0.39, 0.29) is 5.97 Å². The van der Waals surface area contributed by atoms with Crippen LogP contribution in [-0.2, 0) is 16.0 Å². The Bertz CT molecular complexity index is 374. The Kier molecular flexibility index (Phi) is 6.83. The van der Waals surface area contributed by atoms with Gasteiger partial charge in [0, 0.05) is 25.0 Å². The molecule has 5 nitrogen and oxygen atoms in total. The van der Waals surface area contributed by atoms with Gasteiger partial charge in [0.05, 0.1) is 25.9 Å². The van der Waals surface area contributed by atoms with Gasteiger partial charge in [-0.3, -0.25) is 0 Å². The number of carbonyl (C=O) groups excluding carboxylic acids is 1. The molecule has 0 aliphatic carbocycles. The molecule has 1 aromatic heterocycles. The zero-order chi connectivity index (χ0) is 13.2. The summed E-state index contributed by atoms with van der Waals surface area (Å²) in [5, 5.41) is 3.19. The van der Waals surface area contributed by atoms with Crippen molar-refractivity contribution in [2.24, 2.45) is 0 Å². The third-order valence-electron chi connectivity index (χ3n) is 2.43. The molecule has 0 spiro atoms. The van der Waals surface area contributed by atoms with Crippen LogP contribution in [0.3, 0.4) is 0 Å². The Labute approximate surface area is 107 Å². The first-order valence-electron chi connectivity index (χ1n) is 5.93. The predicted molar refractivity (Wildman–Crippen MR) is 69.5 cm³/mol. The predicted octanol–water partition coefficient (Wildman–Crippen LogP) is 1.48. The van der Waals surface area contributed by atoms with Gasteiger partial charge in [-0.15, -0.1) is 6.58 Å². The van der Waals surface area contributed by atoms with Gasteiger partial charge in [0.15, 0.2) is 0 Å². The zero-order valence-electron chi connectivity index (χ0n) is 10.7. The quantitative estimate of drug-likeness (QED) is 0.397. The van der Waals surface area contributed by atoms with E-state index < -0.39 is 0 Å². The summed E-state index contributed by atoms with van der Waals surface area (Å²) >= 11 is 0. The second-order valence-corrected chi connectivity index (χ2v) is 3.73. The third kappa shape index (κ3) is 4.73. The average molecular weight is 252 g/mol. The van der Waals surface area contributed by atoms with Crippen LogP contribution in [-0.4, -0.2) is 37.8 Å². The molecular formula is C13H20N2O3. The van der Waals surface area contributed by atoms with Crippen LogP contribution in [0.25, 0.3) is 0 Å². The second kappa shape index (κ2) is 8.49. The zero-order valence-corrected chi connectivity index (χ0v) is 10.7. The minimum atomic E-state index is -0.324. The van der Waals surface area contributed by atoms with Crippen molar-refractivity contribution >= 4 is 5.97 Å². The van der Waals surface area contributed by atoms with Crippen molar-refractivity contribution in [1.29, 1.82) is 0 Å². The van der Waals surface area contributed by atoms with Gasteiger partial charge < -0.3 is 19.8 Å². The van der Waals surface area contributed by atoms with E-state index in [2.05, 4.69) is 21.6 Å². The summed E-state index contributed by atoms with van der Waals surface area (Å²) in [7, 11) is 1.37. The molecule has 5 heteroatoms. The fourth-order valence-electron chi connectivity index (χ4n) is 1.48. The molecule has 0 radical (unpaired) electrons. The number of carbonyl (C=O) groups is 1. The number of hydrogen-bond acceptors (Lipinski definition) is 4. The van der Waals surface area contributed by atoms with Crippen LogP contribution in [0.5, 0.6) is 0 Å². The molecule has 0 unspecified atom stereocenters. The van der Waals surface area contributed by atoms with Crippen molar-refractivity contribution in [2.45, 2.75) is 13.0 Å². The molecule has 0 saturated heterocycles. The molecule has 0 fully saturated rings. The number of esters is 1. The van der Waals surface area contributed by atoms with Crippen molar-refractivity contribution in [3.63, 3.8) is 0 Å². The average Bonchev–Trinajstić information content (AvgIpc) is 2.85. The highest BCUT2D eigenvalue weighted by molar-refractivity contribution is 5.90. The first-order chi connectivity index (χ1) is 8.79. The molecule has 0 bridgehead atoms. The van der Waals surface area contributed by atoms with E-state index in [1.807, 2.05) is 6.08 Å². The Morgan fingerprint density at radius 1 is 1.56 bits per heavy atom. The molecule has 1 aromatic rings. The molecule has 18 heavy (non-hydrogen) atoms. The number of hydrogen-bond donors (Lipinski definition) is 2. The summed E-state index contributed by atoms with van der Waals surface area (Å²) in [5.74, 6) is -0.324. The normalized spacial score (nSPS) is 10.3. The van der Waals surface area contributed by atoms with E-state index in [0.717, 1.165) is 18.7 Å². The van der Waals surface area contributed by atoms with E-state index >= 15 is 0 Å².